The lowest BCUT2D eigenvalue weighted by atomic mass is 10.1. The number of rotatable bonds is 8. The van der Waals surface area contributed by atoms with Crippen molar-refractivity contribution in [1.82, 2.24) is 0 Å². The zero-order valence-corrected chi connectivity index (χ0v) is 16.6. The van der Waals surface area contributed by atoms with Crippen LogP contribution in [0.1, 0.15) is 23.2 Å². The number of methoxy groups -OCH3 is 3. The van der Waals surface area contributed by atoms with E-state index in [4.69, 9.17) is 37.4 Å². The molecule has 0 saturated carbocycles. The third-order valence-electron chi connectivity index (χ3n) is 3.79. The van der Waals surface area contributed by atoms with Crippen molar-refractivity contribution in [3.63, 3.8) is 0 Å². The van der Waals surface area contributed by atoms with Gasteiger partial charge >= 0.3 is 0 Å². The maximum Gasteiger partial charge on any atom is 0.224 e. The minimum absolute atomic E-state index is 0.00439. The van der Waals surface area contributed by atoms with E-state index in [1.165, 1.54) is 33.5 Å². The van der Waals surface area contributed by atoms with Gasteiger partial charge in [-0.1, -0.05) is 23.2 Å². The predicted molar refractivity (Wildman–Crippen MR) is 105 cm³/mol. The van der Waals surface area contributed by atoms with Gasteiger partial charge in [-0.3, -0.25) is 9.59 Å². The highest BCUT2D eigenvalue weighted by Crippen LogP contribution is 2.36. The number of benzene rings is 2. The van der Waals surface area contributed by atoms with Crippen LogP contribution in [0.2, 0.25) is 10.0 Å². The first kappa shape index (κ1) is 20.9. The van der Waals surface area contributed by atoms with E-state index in [0.29, 0.717) is 38.5 Å². The molecule has 0 aliphatic carbocycles. The molecular formula is C19H19Cl2NO5. The van der Waals surface area contributed by atoms with Crippen LogP contribution in [-0.4, -0.2) is 33.0 Å². The van der Waals surface area contributed by atoms with E-state index in [9.17, 15) is 9.59 Å². The van der Waals surface area contributed by atoms with Crippen LogP contribution in [0.3, 0.4) is 0 Å². The van der Waals surface area contributed by atoms with Gasteiger partial charge in [-0.2, -0.15) is 0 Å². The zero-order chi connectivity index (χ0) is 20.0. The van der Waals surface area contributed by atoms with E-state index in [1.54, 1.807) is 18.2 Å². The molecule has 0 heterocycles. The standard InChI is InChI=1S/C19H19Cl2NO5/c1-25-16-6-4-11(20)8-12(16)15(23)5-7-19(24)22-14-10-17(26-2)13(21)9-18(14)27-3/h4,6,8-10H,5,7H2,1-3H3,(H,22,24). The predicted octanol–water partition coefficient (Wildman–Crippen LogP) is 4.62. The fraction of sp³-hybridized carbons (Fsp3) is 0.263. The first-order valence-electron chi connectivity index (χ1n) is 7.97. The molecular weight excluding hydrogens is 393 g/mol. The Balaban J connectivity index is 2.07. The van der Waals surface area contributed by atoms with Crippen molar-refractivity contribution in [2.24, 2.45) is 0 Å². The van der Waals surface area contributed by atoms with Crippen LogP contribution in [0.4, 0.5) is 5.69 Å². The van der Waals surface area contributed by atoms with Crippen LogP contribution < -0.4 is 19.5 Å². The molecule has 0 saturated heterocycles. The van der Waals surface area contributed by atoms with Crippen molar-refractivity contribution in [2.45, 2.75) is 12.8 Å². The van der Waals surface area contributed by atoms with E-state index < -0.39 is 0 Å². The summed E-state index contributed by atoms with van der Waals surface area (Å²) in [6, 6.07) is 7.86. The number of Topliss-reactive ketones (excluding diaryl/α,β-unsaturated/α-hetero) is 1. The molecule has 27 heavy (non-hydrogen) atoms. The number of carbonyl (C=O) groups excluding carboxylic acids is 2. The van der Waals surface area contributed by atoms with Gasteiger partial charge in [-0.15, -0.1) is 0 Å². The largest absolute Gasteiger partial charge is 0.496 e. The molecule has 1 N–H and O–H groups in total. The molecule has 0 unspecified atom stereocenters. The minimum atomic E-state index is -0.355. The number of nitrogens with one attached hydrogen (secondary N) is 1. The Bertz CT molecular complexity index is 854. The number of hydrogen-bond donors (Lipinski definition) is 1. The Morgan fingerprint density at radius 3 is 2.19 bits per heavy atom. The zero-order valence-electron chi connectivity index (χ0n) is 15.1. The molecule has 6 nitrogen and oxygen atoms in total. The van der Waals surface area contributed by atoms with Crippen molar-refractivity contribution >= 4 is 40.6 Å². The molecule has 0 radical (unpaired) electrons. The third-order valence-corrected chi connectivity index (χ3v) is 4.32. The lowest BCUT2D eigenvalue weighted by Gasteiger charge is -2.13. The lowest BCUT2D eigenvalue weighted by molar-refractivity contribution is -0.116. The topological polar surface area (TPSA) is 73.9 Å². The second-order valence-corrected chi connectivity index (χ2v) is 6.35. The fourth-order valence-electron chi connectivity index (χ4n) is 2.43. The summed E-state index contributed by atoms with van der Waals surface area (Å²) >= 11 is 12.0. The van der Waals surface area contributed by atoms with Gasteiger partial charge in [0.05, 0.1) is 37.6 Å². The Labute approximate surface area is 167 Å². The fourth-order valence-corrected chi connectivity index (χ4v) is 2.83. The molecule has 2 rings (SSSR count). The Kier molecular flexibility index (Phi) is 7.33. The van der Waals surface area contributed by atoms with Crippen molar-refractivity contribution in [3.05, 3.63) is 45.9 Å². The van der Waals surface area contributed by atoms with Gasteiger partial charge in [0.25, 0.3) is 0 Å². The monoisotopic (exact) mass is 411 g/mol. The molecule has 2 aromatic rings. The number of halogens is 2. The second kappa shape index (κ2) is 9.48. The van der Waals surface area contributed by atoms with Crippen molar-refractivity contribution < 1.29 is 23.8 Å². The first-order valence-corrected chi connectivity index (χ1v) is 8.73. The molecule has 0 fully saturated rings. The highest BCUT2D eigenvalue weighted by Gasteiger charge is 2.16. The molecule has 0 bridgehead atoms. The number of hydrogen-bond acceptors (Lipinski definition) is 5. The first-order chi connectivity index (χ1) is 12.9. The Morgan fingerprint density at radius 2 is 1.56 bits per heavy atom. The van der Waals surface area contributed by atoms with Crippen molar-refractivity contribution in [1.29, 1.82) is 0 Å². The molecule has 1 amide bonds. The van der Waals surface area contributed by atoms with E-state index >= 15 is 0 Å². The van der Waals surface area contributed by atoms with E-state index in [2.05, 4.69) is 5.32 Å². The van der Waals surface area contributed by atoms with Crippen molar-refractivity contribution in [2.75, 3.05) is 26.6 Å². The molecule has 8 heteroatoms. The number of ether oxygens (including phenoxy) is 3. The van der Waals surface area contributed by atoms with Crippen LogP contribution in [-0.2, 0) is 4.79 Å². The quantitative estimate of drug-likeness (QED) is 0.641. The van der Waals surface area contributed by atoms with Crippen LogP contribution >= 0.6 is 23.2 Å². The number of ketones is 1. The van der Waals surface area contributed by atoms with Crippen LogP contribution in [0.25, 0.3) is 0 Å². The maximum atomic E-state index is 12.4. The molecule has 0 aliphatic rings. The lowest BCUT2D eigenvalue weighted by Crippen LogP contribution is -2.14. The van der Waals surface area contributed by atoms with Gasteiger partial charge in [0.2, 0.25) is 5.91 Å². The van der Waals surface area contributed by atoms with Crippen molar-refractivity contribution in [3.8, 4) is 17.2 Å². The van der Waals surface area contributed by atoms with Crippen LogP contribution in [0.5, 0.6) is 17.2 Å². The van der Waals surface area contributed by atoms with Gasteiger partial charge in [-0.25, -0.2) is 0 Å². The van der Waals surface area contributed by atoms with Gasteiger partial charge in [0.15, 0.2) is 5.78 Å². The molecule has 2 aromatic carbocycles. The van der Waals surface area contributed by atoms with Gasteiger partial charge in [0, 0.05) is 30.0 Å². The second-order valence-electron chi connectivity index (χ2n) is 5.50. The summed E-state index contributed by atoms with van der Waals surface area (Å²) in [7, 11) is 4.39. The summed E-state index contributed by atoms with van der Waals surface area (Å²) in [6.45, 7) is 0. The highest BCUT2D eigenvalue weighted by atomic mass is 35.5. The SMILES string of the molecule is COc1cc(NC(=O)CCC(=O)c2cc(Cl)ccc2OC)c(OC)cc1Cl. The summed E-state index contributed by atoms with van der Waals surface area (Å²) in [4.78, 5) is 24.7. The Hall–Kier alpha value is -2.44. The normalized spacial score (nSPS) is 10.3. The third kappa shape index (κ3) is 5.28. The summed E-state index contributed by atoms with van der Waals surface area (Å²) in [5.41, 5.74) is 0.736. The summed E-state index contributed by atoms with van der Waals surface area (Å²) in [6.07, 6.45) is -0.0296. The van der Waals surface area contributed by atoms with Crippen LogP contribution in [0.15, 0.2) is 30.3 Å². The molecule has 0 aliphatic heterocycles. The molecule has 0 spiro atoms. The average Bonchev–Trinajstić information content (AvgIpc) is 2.66. The summed E-state index contributed by atoms with van der Waals surface area (Å²) < 4.78 is 15.5. The van der Waals surface area contributed by atoms with Gasteiger partial charge in [0.1, 0.15) is 17.2 Å². The van der Waals surface area contributed by atoms with Gasteiger partial charge in [-0.05, 0) is 18.2 Å². The molecule has 0 aromatic heterocycles. The Morgan fingerprint density at radius 1 is 0.889 bits per heavy atom. The maximum absolute atomic E-state index is 12.4. The number of anilines is 1. The van der Waals surface area contributed by atoms with Gasteiger partial charge < -0.3 is 19.5 Å². The number of amides is 1. The molecule has 0 atom stereocenters. The highest BCUT2D eigenvalue weighted by molar-refractivity contribution is 6.32. The van der Waals surface area contributed by atoms with Crippen LogP contribution in [0, 0.1) is 0 Å². The summed E-state index contributed by atoms with van der Waals surface area (Å²) in [5.74, 6) is 0.593. The smallest absolute Gasteiger partial charge is 0.224 e. The number of carbonyl (C=O) groups is 2. The average molecular weight is 412 g/mol. The van der Waals surface area contributed by atoms with E-state index in [0.717, 1.165) is 0 Å². The minimum Gasteiger partial charge on any atom is -0.496 e. The van der Waals surface area contributed by atoms with E-state index in [1.807, 2.05) is 0 Å². The van der Waals surface area contributed by atoms with E-state index in [-0.39, 0.29) is 24.5 Å². The summed E-state index contributed by atoms with van der Waals surface area (Å²) in [5, 5.41) is 3.47. The molecule has 144 valence electrons.